The number of carbonyl (C=O) groups is 3. The quantitative estimate of drug-likeness (QED) is 0.0204. The number of ether oxygens (including phenoxy) is 3. The Bertz CT molecular complexity index is 1170. The van der Waals surface area contributed by atoms with Crippen LogP contribution in [0.5, 0.6) is 0 Å². The summed E-state index contributed by atoms with van der Waals surface area (Å²) in [6.45, 7) is 6.25. The van der Waals surface area contributed by atoms with Crippen molar-refractivity contribution in [2.75, 3.05) is 13.2 Å². The van der Waals surface area contributed by atoms with Crippen molar-refractivity contribution in [1.82, 2.24) is 0 Å². The van der Waals surface area contributed by atoms with Crippen LogP contribution >= 0.6 is 0 Å². The normalized spacial score (nSPS) is 13.0. The van der Waals surface area contributed by atoms with E-state index in [2.05, 4.69) is 63.3 Å². The summed E-state index contributed by atoms with van der Waals surface area (Å²) >= 11 is 0. The monoisotopic (exact) mass is 777 g/mol. The largest absolute Gasteiger partial charge is 0.462 e. The lowest BCUT2D eigenvalue weighted by atomic mass is 10.0. The molecule has 0 aliphatic rings. The smallest absolute Gasteiger partial charge is 0.306 e. The molecule has 0 rings (SSSR count). The summed E-state index contributed by atoms with van der Waals surface area (Å²) in [5.41, 5.74) is 0. The van der Waals surface area contributed by atoms with Crippen molar-refractivity contribution in [3.05, 3.63) is 97.2 Å². The maximum atomic E-state index is 12.7. The lowest BCUT2D eigenvalue weighted by Crippen LogP contribution is -2.30. The molecule has 0 saturated heterocycles. The molecule has 0 fully saturated rings. The zero-order valence-electron chi connectivity index (χ0n) is 35.9. The van der Waals surface area contributed by atoms with Gasteiger partial charge in [0, 0.05) is 19.3 Å². The summed E-state index contributed by atoms with van der Waals surface area (Å²) in [5, 5.41) is 0. The van der Waals surface area contributed by atoms with Gasteiger partial charge < -0.3 is 14.2 Å². The summed E-state index contributed by atoms with van der Waals surface area (Å²) in [4.78, 5) is 37.7. The molecule has 6 nitrogen and oxygen atoms in total. The number of unbranched alkanes of at least 4 members (excludes halogenated alkanes) is 15. The van der Waals surface area contributed by atoms with Crippen molar-refractivity contribution in [3.63, 3.8) is 0 Å². The average molecular weight is 777 g/mol. The summed E-state index contributed by atoms with van der Waals surface area (Å²) in [7, 11) is 0. The highest BCUT2D eigenvalue weighted by molar-refractivity contribution is 5.71. The molecule has 0 saturated carbocycles. The number of hydrogen-bond donors (Lipinski definition) is 0. The second kappa shape index (κ2) is 44.0. The maximum Gasteiger partial charge on any atom is 0.306 e. The molecule has 0 aliphatic heterocycles. The first-order valence-corrected chi connectivity index (χ1v) is 22.3. The highest BCUT2D eigenvalue weighted by Gasteiger charge is 2.19. The van der Waals surface area contributed by atoms with Gasteiger partial charge in [-0.2, -0.15) is 0 Å². The third-order valence-corrected chi connectivity index (χ3v) is 8.96. The van der Waals surface area contributed by atoms with Crippen LogP contribution in [-0.4, -0.2) is 37.2 Å². The predicted octanol–water partition coefficient (Wildman–Crippen LogP) is 14.2. The molecule has 6 heteroatoms. The molecule has 56 heavy (non-hydrogen) atoms. The molecule has 0 aliphatic carbocycles. The molecule has 0 N–H and O–H groups in total. The van der Waals surface area contributed by atoms with E-state index in [0.29, 0.717) is 25.7 Å². The highest BCUT2D eigenvalue weighted by atomic mass is 16.6. The van der Waals surface area contributed by atoms with Crippen molar-refractivity contribution >= 4 is 17.9 Å². The lowest BCUT2D eigenvalue weighted by molar-refractivity contribution is -0.167. The molecule has 0 radical (unpaired) electrons. The van der Waals surface area contributed by atoms with Gasteiger partial charge in [0.15, 0.2) is 6.10 Å². The van der Waals surface area contributed by atoms with E-state index in [9.17, 15) is 14.4 Å². The Hall–Kier alpha value is -3.67. The van der Waals surface area contributed by atoms with Crippen LogP contribution in [0.25, 0.3) is 0 Å². The minimum Gasteiger partial charge on any atom is -0.462 e. The second-order valence-electron chi connectivity index (χ2n) is 14.3. The van der Waals surface area contributed by atoms with Gasteiger partial charge in [-0.25, -0.2) is 0 Å². The van der Waals surface area contributed by atoms with E-state index in [4.69, 9.17) is 14.2 Å². The Morgan fingerprint density at radius 3 is 1.36 bits per heavy atom. The topological polar surface area (TPSA) is 78.9 Å². The van der Waals surface area contributed by atoms with Crippen molar-refractivity contribution in [2.45, 2.75) is 187 Å². The van der Waals surface area contributed by atoms with Gasteiger partial charge in [0.25, 0.3) is 0 Å². The standard InChI is InChI=1S/C50H80O6/c1-4-7-10-13-16-19-22-25-28-31-34-37-40-43-49(52)55-46-47(45-54-48(51)42-39-36-33-30-27-24-21-18-15-12-9-6-3)56-50(53)44-41-38-35-32-29-26-23-20-17-14-11-8-5-2/h7,9-10,12-13,16,18-19,21-22,25,27-28,30-31,34,47H,4-6,8,11,14-15,17,20,23-24,26,29,32-33,35-46H2,1-3H3/b10-7-,12-9-,16-13-,21-18-,22-19-,28-25-,30-27-,34-31-. The van der Waals surface area contributed by atoms with Gasteiger partial charge in [0.1, 0.15) is 13.2 Å². The Morgan fingerprint density at radius 2 is 0.804 bits per heavy atom. The van der Waals surface area contributed by atoms with Gasteiger partial charge in [-0.05, 0) is 64.2 Å². The lowest BCUT2D eigenvalue weighted by Gasteiger charge is -2.18. The molecule has 0 aromatic rings. The van der Waals surface area contributed by atoms with E-state index in [1.165, 1.54) is 64.2 Å². The first-order valence-electron chi connectivity index (χ1n) is 22.3. The Kier molecular flexibility index (Phi) is 41.2. The molecule has 1 atom stereocenters. The fraction of sp³-hybridized carbons (Fsp3) is 0.620. The number of allylic oxidation sites excluding steroid dienone is 16. The number of carbonyl (C=O) groups excluding carboxylic acids is 3. The molecule has 0 spiro atoms. The zero-order chi connectivity index (χ0) is 40.8. The summed E-state index contributed by atoms with van der Waals surface area (Å²) < 4.78 is 16.6. The fourth-order valence-corrected chi connectivity index (χ4v) is 5.66. The zero-order valence-corrected chi connectivity index (χ0v) is 35.9. The van der Waals surface area contributed by atoms with Gasteiger partial charge in [-0.15, -0.1) is 0 Å². The van der Waals surface area contributed by atoms with Crippen LogP contribution in [0.1, 0.15) is 181 Å². The van der Waals surface area contributed by atoms with Gasteiger partial charge in [-0.3, -0.25) is 14.4 Å². The first-order chi connectivity index (χ1) is 27.5. The SMILES string of the molecule is CC\C=C/C=C\C=C/C=C\C=C/CCCC(=O)OCC(COC(=O)CCCC/C=C\C/C=C\C/C=C\CC)OC(=O)CCCCCCCCCCCCCCC. The van der Waals surface area contributed by atoms with Gasteiger partial charge >= 0.3 is 17.9 Å². The molecule has 0 aromatic carbocycles. The molecule has 1 unspecified atom stereocenters. The summed E-state index contributed by atoms with van der Waals surface area (Å²) in [5.74, 6) is -1.04. The number of rotatable bonds is 38. The van der Waals surface area contributed by atoms with Crippen molar-refractivity contribution in [2.24, 2.45) is 0 Å². The molecule has 0 bridgehead atoms. The van der Waals surface area contributed by atoms with Crippen LogP contribution in [0, 0.1) is 0 Å². The van der Waals surface area contributed by atoms with Crippen LogP contribution in [0.3, 0.4) is 0 Å². The molecular formula is C50H80O6. The third-order valence-electron chi connectivity index (χ3n) is 8.96. The van der Waals surface area contributed by atoms with Crippen LogP contribution in [-0.2, 0) is 28.6 Å². The first kappa shape index (κ1) is 52.3. The Labute approximate surface area is 343 Å². The number of hydrogen-bond acceptors (Lipinski definition) is 6. The minimum atomic E-state index is -0.818. The summed E-state index contributed by atoms with van der Waals surface area (Å²) in [6.07, 6.45) is 56.9. The van der Waals surface area contributed by atoms with Crippen LogP contribution < -0.4 is 0 Å². The second-order valence-corrected chi connectivity index (χ2v) is 14.3. The van der Waals surface area contributed by atoms with Crippen molar-refractivity contribution in [1.29, 1.82) is 0 Å². The van der Waals surface area contributed by atoms with Gasteiger partial charge in [0.2, 0.25) is 0 Å². The van der Waals surface area contributed by atoms with E-state index in [1.54, 1.807) is 0 Å². The maximum absolute atomic E-state index is 12.7. The molecule has 0 aromatic heterocycles. The van der Waals surface area contributed by atoms with Crippen LogP contribution in [0.4, 0.5) is 0 Å². The molecule has 0 heterocycles. The molecule has 0 amide bonds. The van der Waals surface area contributed by atoms with Gasteiger partial charge in [-0.1, -0.05) is 195 Å². The highest BCUT2D eigenvalue weighted by Crippen LogP contribution is 2.14. The fourth-order valence-electron chi connectivity index (χ4n) is 5.66. The van der Waals surface area contributed by atoms with Gasteiger partial charge in [0.05, 0.1) is 0 Å². The molecular weight excluding hydrogens is 697 g/mol. The van der Waals surface area contributed by atoms with E-state index in [0.717, 1.165) is 64.2 Å². The van der Waals surface area contributed by atoms with Crippen molar-refractivity contribution < 1.29 is 28.6 Å². The third kappa shape index (κ3) is 41.5. The predicted molar refractivity (Wildman–Crippen MR) is 237 cm³/mol. The summed E-state index contributed by atoms with van der Waals surface area (Å²) in [6, 6.07) is 0. The Morgan fingerprint density at radius 1 is 0.393 bits per heavy atom. The minimum absolute atomic E-state index is 0.120. The van der Waals surface area contributed by atoms with Crippen molar-refractivity contribution in [3.8, 4) is 0 Å². The van der Waals surface area contributed by atoms with E-state index >= 15 is 0 Å². The van der Waals surface area contributed by atoms with E-state index < -0.39 is 6.10 Å². The average Bonchev–Trinajstić information content (AvgIpc) is 3.19. The van der Waals surface area contributed by atoms with E-state index in [-0.39, 0.29) is 37.5 Å². The Balaban J connectivity index is 4.56. The number of esters is 3. The van der Waals surface area contributed by atoms with Crippen LogP contribution in [0.15, 0.2) is 97.2 Å². The van der Waals surface area contributed by atoms with Crippen LogP contribution in [0.2, 0.25) is 0 Å². The molecule has 316 valence electrons. The van der Waals surface area contributed by atoms with E-state index in [1.807, 2.05) is 54.7 Å².